The van der Waals surface area contributed by atoms with Gasteiger partial charge in [0.2, 0.25) is 0 Å². The Hall–Kier alpha value is -2.37. The Kier molecular flexibility index (Phi) is 4.12. The summed E-state index contributed by atoms with van der Waals surface area (Å²) in [6.45, 7) is 0.515. The van der Waals surface area contributed by atoms with Crippen molar-refractivity contribution in [3.63, 3.8) is 0 Å². The van der Waals surface area contributed by atoms with Gasteiger partial charge in [0.15, 0.2) is 23.7 Å². The molecule has 100 valence electrons. The molecular weight excluding hydrogens is 251 g/mol. The molecule has 1 aromatic heterocycles. The van der Waals surface area contributed by atoms with E-state index in [1.54, 1.807) is 19.2 Å². The zero-order valence-corrected chi connectivity index (χ0v) is 10.4. The van der Waals surface area contributed by atoms with Crippen LogP contribution in [0.5, 0.6) is 5.75 Å². The van der Waals surface area contributed by atoms with Crippen LogP contribution < -0.4 is 4.74 Å². The molecule has 0 unspecified atom stereocenters. The number of oxazole rings is 1. The molecule has 0 saturated carbocycles. The Balaban J connectivity index is 1.83. The van der Waals surface area contributed by atoms with Crippen LogP contribution in [0, 0.1) is 5.82 Å². The zero-order valence-electron chi connectivity index (χ0n) is 10.4. The lowest BCUT2D eigenvalue weighted by Gasteiger charge is -2.16. The molecule has 0 aliphatic heterocycles. The predicted octanol–water partition coefficient (Wildman–Crippen LogP) is 1.96. The van der Waals surface area contributed by atoms with Crippen molar-refractivity contribution in [2.75, 3.05) is 20.2 Å². The summed E-state index contributed by atoms with van der Waals surface area (Å²) in [5, 5.41) is 0. The van der Waals surface area contributed by atoms with Crippen molar-refractivity contribution in [1.29, 1.82) is 0 Å². The fourth-order valence-corrected chi connectivity index (χ4v) is 1.47. The number of amides is 1. The average molecular weight is 264 g/mol. The van der Waals surface area contributed by atoms with E-state index in [-0.39, 0.29) is 24.0 Å². The first-order valence-corrected chi connectivity index (χ1v) is 5.69. The zero-order chi connectivity index (χ0) is 13.7. The number of hydrogen-bond donors (Lipinski definition) is 0. The van der Waals surface area contributed by atoms with E-state index in [1.165, 1.54) is 29.7 Å². The molecule has 0 N–H and O–H groups in total. The number of benzene rings is 1. The fourth-order valence-electron chi connectivity index (χ4n) is 1.47. The van der Waals surface area contributed by atoms with Crippen molar-refractivity contribution in [1.82, 2.24) is 9.88 Å². The maximum atomic E-state index is 13.3. The van der Waals surface area contributed by atoms with E-state index in [1.807, 2.05) is 0 Å². The van der Waals surface area contributed by atoms with Crippen LogP contribution in [0.1, 0.15) is 10.5 Å². The third kappa shape index (κ3) is 3.31. The molecule has 0 aliphatic carbocycles. The molecule has 2 rings (SSSR count). The number of carbonyl (C=O) groups is 1. The smallest absolute Gasteiger partial charge is 0.275 e. The third-order valence-corrected chi connectivity index (χ3v) is 2.52. The number of aromatic nitrogens is 1. The first-order chi connectivity index (χ1) is 9.18. The fraction of sp³-hybridized carbons (Fsp3) is 0.231. The van der Waals surface area contributed by atoms with Gasteiger partial charge in [0.05, 0.1) is 6.54 Å². The summed E-state index contributed by atoms with van der Waals surface area (Å²) in [5.74, 6) is -0.524. The van der Waals surface area contributed by atoms with Crippen LogP contribution in [0.3, 0.4) is 0 Å². The predicted molar refractivity (Wildman–Crippen MR) is 65.4 cm³/mol. The van der Waals surface area contributed by atoms with Crippen molar-refractivity contribution in [2.24, 2.45) is 0 Å². The topological polar surface area (TPSA) is 55.6 Å². The average Bonchev–Trinajstić information content (AvgIpc) is 2.94. The molecule has 0 spiro atoms. The number of likely N-dealkylation sites (N-methyl/N-ethyl adjacent to an activating group) is 1. The molecule has 1 aromatic carbocycles. The van der Waals surface area contributed by atoms with Crippen molar-refractivity contribution in [2.45, 2.75) is 0 Å². The minimum atomic E-state index is -0.423. The van der Waals surface area contributed by atoms with Crippen LogP contribution in [-0.4, -0.2) is 36.0 Å². The van der Waals surface area contributed by atoms with E-state index in [9.17, 15) is 9.18 Å². The van der Waals surface area contributed by atoms with E-state index in [0.29, 0.717) is 6.54 Å². The van der Waals surface area contributed by atoms with Gasteiger partial charge in [0, 0.05) is 7.05 Å². The van der Waals surface area contributed by atoms with Gasteiger partial charge in [-0.1, -0.05) is 12.1 Å². The summed E-state index contributed by atoms with van der Waals surface area (Å²) in [6.07, 6.45) is 2.47. The molecule has 0 atom stereocenters. The van der Waals surface area contributed by atoms with E-state index >= 15 is 0 Å². The molecule has 0 fully saturated rings. The lowest BCUT2D eigenvalue weighted by atomic mass is 10.3. The molecule has 0 bridgehead atoms. The monoisotopic (exact) mass is 264 g/mol. The molecule has 0 saturated heterocycles. The summed E-state index contributed by atoms with van der Waals surface area (Å²) in [5.41, 5.74) is 0.230. The van der Waals surface area contributed by atoms with Gasteiger partial charge >= 0.3 is 0 Å². The Morgan fingerprint density at radius 2 is 2.26 bits per heavy atom. The van der Waals surface area contributed by atoms with Crippen LogP contribution in [0.2, 0.25) is 0 Å². The number of rotatable bonds is 5. The van der Waals surface area contributed by atoms with Gasteiger partial charge in [0.25, 0.3) is 5.91 Å². The van der Waals surface area contributed by atoms with Crippen LogP contribution in [0.15, 0.2) is 41.3 Å². The quantitative estimate of drug-likeness (QED) is 0.828. The molecule has 1 heterocycles. The maximum Gasteiger partial charge on any atom is 0.275 e. The number of ether oxygens (including phenoxy) is 1. The van der Waals surface area contributed by atoms with Crippen molar-refractivity contribution in [3.05, 3.63) is 48.4 Å². The Bertz CT molecular complexity index is 543. The number of carbonyl (C=O) groups excluding carboxylic acids is 1. The first-order valence-electron chi connectivity index (χ1n) is 5.69. The summed E-state index contributed by atoms with van der Waals surface area (Å²) in [6, 6.07) is 6.12. The van der Waals surface area contributed by atoms with Gasteiger partial charge < -0.3 is 14.1 Å². The van der Waals surface area contributed by atoms with Crippen LogP contribution >= 0.6 is 0 Å². The largest absolute Gasteiger partial charge is 0.489 e. The molecular formula is C13H13FN2O3. The van der Waals surface area contributed by atoms with Gasteiger partial charge in [0.1, 0.15) is 12.9 Å². The first kappa shape index (κ1) is 13.1. The second-order valence-electron chi connectivity index (χ2n) is 3.88. The van der Waals surface area contributed by atoms with Crippen LogP contribution in [0.4, 0.5) is 4.39 Å². The van der Waals surface area contributed by atoms with E-state index < -0.39 is 5.82 Å². The molecule has 19 heavy (non-hydrogen) atoms. The molecule has 6 heteroatoms. The number of nitrogens with zero attached hydrogens (tertiary/aromatic N) is 2. The van der Waals surface area contributed by atoms with Crippen LogP contribution in [0.25, 0.3) is 0 Å². The summed E-state index contributed by atoms with van der Waals surface area (Å²) in [4.78, 5) is 17.0. The highest BCUT2D eigenvalue weighted by Crippen LogP contribution is 2.15. The number of halogens is 1. The van der Waals surface area contributed by atoms with Gasteiger partial charge in [-0.2, -0.15) is 0 Å². The van der Waals surface area contributed by atoms with Crippen molar-refractivity contribution < 1.29 is 18.3 Å². The van der Waals surface area contributed by atoms with Crippen molar-refractivity contribution in [3.8, 4) is 5.75 Å². The molecule has 2 aromatic rings. The molecule has 0 aliphatic rings. The second kappa shape index (κ2) is 5.99. The molecule has 5 nitrogen and oxygen atoms in total. The van der Waals surface area contributed by atoms with Gasteiger partial charge in [-0.25, -0.2) is 9.37 Å². The Morgan fingerprint density at radius 3 is 2.95 bits per heavy atom. The number of para-hydroxylation sites is 1. The summed E-state index contributed by atoms with van der Waals surface area (Å²) < 4.78 is 23.3. The third-order valence-electron chi connectivity index (χ3n) is 2.52. The Labute approximate surface area is 109 Å². The minimum Gasteiger partial charge on any atom is -0.489 e. The summed E-state index contributed by atoms with van der Waals surface area (Å²) >= 11 is 0. The van der Waals surface area contributed by atoms with Gasteiger partial charge in [-0.05, 0) is 12.1 Å². The highest BCUT2D eigenvalue weighted by atomic mass is 19.1. The van der Waals surface area contributed by atoms with E-state index in [0.717, 1.165) is 0 Å². The lowest BCUT2D eigenvalue weighted by molar-refractivity contribution is 0.0767. The Morgan fingerprint density at radius 1 is 1.47 bits per heavy atom. The van der Waals surface area contributed by atoms with Gasteiger partial charge in [-0.15, -0.1) is 0 Å². The van der Waals surface area contributed by atoms with Gasteiger partial charge in [-0.3, -0.25) is 4.79 Å². The van der Waals surface area contributed by atoms with Crippen LogP contribution in [-0.2, 0) is 0 Å². The van der Waals surface area contributed by atoms with E-state index in [2.05, 4.69) is 4.98 Å². The standard InChI is InChI=1S/C13H13FN2O3/c1-16(13(17)11-8-18-9-15-11)6-7-19-12-5-3-2-4-10(12)14/h2-5,8-9H,6-7H2,1H3. The highest BCUT2D eigenvalue weighted by molar-refractivity contribution is 5.91. The highest BCUT2D eigenvalue weighted by Gasteiger charge is 2.14. The normalized spacial score (nSPS) is 10.2. The second-order valence-corrected chi connectivity index (χ2v) is 3.88. The molecule has 0 radical (unpaired) electrons. The lowest BCUT2D eigenvalue weighted by Crippen LogP contribution is -2.31. The maximum absolute atomic E-state index is 13.3. The minimum absolute atomic E-state index is 0.171. The summed E-state index contributed by atoms with van der Waals surface area (Å²) in [7, 11) is 1.61. The van der Waals surface area contributed by atoms with E-state index in [4.69, 9.17) is 9.15 Å². The van der Waals surface area contributed by atoms with Crippen molar-refractivity contribution >= 4 is 5.91 Å². The SMILES string of the molecule is CN(CCOc1ccccc1F)C(=O)c1cocn1. The molecule has 1 amide bonds. The number of hydrogen-bond acceptors (Lipinski definition) is 4.